The molecular formula is C18H19ClFNO4S. The Morgan fingerprint density at radius 2 is 1.81 bits per heavy atom. The second-order valence-electron chi connectivity index (χ2n) is 5.44. The van der Waals surface area contributed by atoms with Crippen molar-refractivity contribution in [2.24, 2.45) is 0 Å². The summed E-state index contributed by atoms with van der Waals surface area (Å²) in [6.07, 6.45) is -0.0985. The summed E-state index contributed by atoms with van der Waals surface area (Å²) in [5.41, 5.74) is 0.601. The lowest BCUT2D eigenvalue weighted by Gasteiger charge is -2.22. The van der Waals surface area contributed by atoms with Crippen molar-refractivity contribution in [3.05, 3.63) is 64.9 Å². The van der Waals surface area contributed by atoms with Crippen molar-refractivity contribution in [3.63, 3.8) is 0 Å². The molecule has 0 saturated carbocycles. The molecule has 0 aliphatic rings. The summed E-state index contributed by atoms with van der Waals surface area (Å²) < 4.78 is 45.0. The van der Waals surface area contributed by atoms with Crippen LogP contribution in [0.2, 0.25) is 5.02 Å². The molecule has 2 aromatic rings. The van der Waals surface area contributed by atoms with E-state index in [4.69, 9.17) is 16.3 Å². The van der Waals surface area contributed by atoms with Crippen LogP contribution in [-0.4, -0.2) is 31.8 Å². The monoisotopic (exact) mass is 399 g/mol. The van der Waals surface area contributed by atoms with Gasteiger partial charge in [-0.05, 0) is 42.8 Å². The summed E-state index contributed by atoms with van der Waals surface area (Å²) in [7, 11) is -3.94. The number of hydrogen-bond donors (Lipinski definition) is 0. The molecular weight excluding hydrogens is 381 g/mol. The molecule has 0 amide bonds. The summed E-state index contributed by atoms with van der Waals surface area (Å²) in [4.78, 5) is 11.6. The number of benzene rings is 2. The summed E-state index contributed by atoms with van der Waals surface area (Å²) >= 11 is 6.13. The van der Waals surface area contributed by atoms with E-state index in [9.17, 15) is 17.6 Å². The molecule has 2 rings (SSSR count). The fraction of sp³-hybridized carbons (Fsp3) is 0.278. The Balaban J connectivity index is 2.30. The Kier molecular flexibility index (Phi) is 7.14. The van der Waals surface area contributed by atoms with Crippen molar-refractivity contribution in [2.75, 3.05) is 13.2 Å². The van der Waals surface area contributed by atoms with Gasteiger partial charge in [-0.1, -0.05) is 29.8 Å². The highest BCUT2D eigenvalue weighted by atomic mass is 35.5. The quantitative estimate of drug-likeness (QED) is 0.636. The molecule has 26 heavy (non-hydrogen) atoms. The van der Waals surface area contributed by atoms with Gasteiger partial charge in [0.25, 0.3) is 0 Å². The first-order valence-corrected chi connectivity index (χ1v) is 9.81. The van der Waals surface area contributed by atoms with Crippen LogP contribution in [0.1, 0.15) is 18.9 Å². The summed E-state index contributed by atoms with van der Waals surface area (Å²) in [6, 6.07) is 11.4. The van der Waals surface area contributed by atoms with Crippen LogP contribution in [0, 0.1) is 5.82 Å². The summed E-state index contributed by atoms with van der Waals surface area (Å²) in [5, 5.41) is 0.419. The number of rotatable bonds is 8. The molecule has 0 N–H and O–H groups in total. The Bertz CT molecular complexity index is 856. The summed E-state index contributed by atoms with van der Waals surface area (Å²) in [5.74, 6) is -1.03. The van der Waals surface area contributed by atoms with Gasteiger partial charge < -0.3 is 4.74 Å². The van der Waals surface area contributed by atoms with E-state index in [0.29, 0.717) is 10.6 Å². The third-order valence-electron chi connectivity index (χ3n) is 3.63. The molecule has 0 heterocycles. The van der Waals surface area contributed by atoms with Gasteiger partial charge in [0.15, 0.2) is 0 Å². The first-order valence-electron chi connectivity index (χ1n) is 7.99. The first kappa shape index (κ1) is 20.4. The lowest BCUT2D eigenvalue weighted by Crippen LogP contribution is -2.33. The Morgan fingerprint density at radius 1 is 1.15 bits per heavy atom. The molecule has 2 aromatic carbocycles. The molecule has 140 valence electrons. The van der Waals surface area contributed by atoms with E-state index in [1.54, 1.807) is 31.2 Å². The minimum Gasteiger partial charge on any atom is -0.466 e. The SMILES string of the molecule is CCOC(=O)CCN(Cc1ccccc1Cl)S(=O)(=O)c1ccc(F)cc1. The lowest BCUT2D eigenvalue weighted by atomic mass is 10.2. The molecule has 0 atom stereocenters. The predicted molar refractivity (Wildman–Crippen MR) is 96.7 cm³/mol. The van der Waals surface area contributed by atoms with Gasteiger partial charge in [0, 0.05) is 18.1 Å². The van der Waals surface area contributed by atoms with E-state index in [1.807, 2.05) is 0 Å². The normalized spacial score (nSPS) is 11.5. The lowest BCUT2D eigenvalue weighted by molar-refractivity contribution is -0.143. The van der Waals surface area contributed by atoms with Crippen LogP contribution in [0.25, 0.3) is 0 Å². The summed E-state index contributed by atoms with van der Waals surface area (Å²) in [6.45, 7) is 1.80. The average molecular weight is 400 g/mol. The Morgan fingerprint density at radius 3 is 2.42 bits per heavy atom. The fourth-order valence-electron chi connectivity index (χ4n) is 2.31. The highest BCUT2D eigenvalue weighted by Gasteiger charge is 2.26. The van der Waals surface area contributed by atoms with Crippen LogP contribution >= 0.6 is 11.6 Å². The van der Waals surface area contributed by atoms with Gasteiger partial charge >= 0.3 is 5.97 Å². The maximum absolute atomic E-state index is 13.1. The number of nitrogens with zero attached hydrogens (tertiary/aromatic N) is 1. The van der Waals surface area contributed by atoms with Crippen LogP contribution in [0.3, 0.4) is 0 Å². The number of ether oxygens (including phenoxy) is 1. The highest BCUT2D eigenvalue weighted by molar-refractivity contribution is 7.89. The highest BCUT2D eigenvalue weighted by Crippen LogP contribution is 2.23. The number of hydrogen-bond acceptors (Lipinski definition) is 4. The van der Waals surface area contributed by atoms with Gasteiger partial charge in [0.1, 0.15) is 5.82 Å². The standard InChI is InChI=1S/C18H19ClFNO4S/c1-2-25-18(22)11-12-21(13-14-5-3-4-6-17(14)19)26(23,24)16-9-7-15(20)8-10-16/h3-10H,2,11-13H2,1H3. The molecule has 0 aliphatic heterocycles. The third-order valence-corrected chi connectivity index (χ3v) is 5.85. The molecule has 0 aromatic heterocycles. The van der Waals surface area contributed by atoms with Crippen molar-refractivity contribution in [3.8, 4) is 0 Å². The van der Waals surface area contributed by atoms with E-state index < -0.39 is 21.8 Å². The van der Waals surface area contributed by atoms with E-state index in [0.717, 1.165) is 16.4 Å². The smallest absolute Gasteiger partial charge is 0.307 e. The number of sulfonamides is 1. The van der Waals surface area contributed by atoms with Crippen LogP contribution in [0.15, 0.2) is 53.4 Å². The van der Waals surface area contributed by atoms with Crippen molar-refractivity contribution in [1.29, 1.82) is 0 Å². The third kappa shape index (κ3) is 5.27. The molecule has 0 fully saturated rings. The number of halogens is 2. The maximum Gasteiger partial charge on any atom is 0.307 e. The topological polar surface area (TPSA) is 63.7 Å². The molecule has 0 aliphatic carbocycles. The predicted octanol–water partition coefficient (Wildman–Crippen LogP) is 3.62. The van der Waals surface area contributed by atoms with Crippen molar-refractivity contribution in [2.45, 2.75) is 24.8 Å². The first-order chi connectivity index (χ1) is 12.3. The minimum absolute atomic E-state index is 0.0151. The van der Waals surface area contributed by atoms with E-state index in [-0.39, 0.29) is 31.0 Å². The number of carbonyl (C=O) groups is 1. The van der Waals surface area contributed by atoms with Gasteiger partial charge in [-0.15, -0.1) is 0 Å². The van der Waals surface area contributed by atoms with Gasteiger partial charge in [0.05, 0.1) is 17.9 Å². The van der Waals surface area contributed by atoms with Gasteiger partial charge in [-0.3, -0.25) is 4.79 Å². The molecule has 0 bridgehead atoms. The van der Waals surface area contributed by atoms with Gasteiger partial charge in [0.2, 0.25) is 10.0 Å². The largest absolute Gasteiger partial charge is 0.466 e. The molecule has 5 nitrogen and oxygen atoms in total. The van der Waals surface area contributed by atoms with Crippen molar-refractivity contribution in [1.82, 2.24) is 4.31 Å². The van der Waals surface area contributed by atoms with Crippen molar-refractivity contribution < 1.29 is 22.3 Å². The molecule has 0 unspecified atom stereocenters. The number of carbonyl (C=O) groups excluding carboxylic acids is 1. The second-order valence-corrected chi connectivity index (χ2v) is 7.78. The number of esters is 1. The zero-order valence-electron chi connectivity index (χ0n) is 14.2. The Labute approximate surface area is 157 Å². The average Bonchev–Trinajstić information content (AvgIpc) is 2.60. The van der Waals surface area contributed by atoms with E-state index in [1.165, 1.54) is 12.1 Å². The maximum atomic E-state index is 13.1. The van der Waals surface area contributed by atoms with Crippen LogP contribution in [0.4, 0.5) is 4.39 Å². The molecule has 0 radical (unpaired) electrons. The fourth-order valence-corrected chi connectivity index (χ4v) is 3.92. The zero-order chi connectivity index (χ0) is 19.2. The van der Waals surface area contributed by atoms with Crippen molar-refractivity contribution >= 4 is 27.6 Å². The van der Waals surface area contributed by atoms with Gasteiger partial charge in [-0.2, -0.15) is 4.31 Å². The van der Waals surface area contributed by atoms with Crippen LogP contribution in [-0.2, 0) is 26.1 Å². The zero-order valence-corrected chi connectivity index (χ0v) is 15.8. The van der Waals surface area contributed by atoms with Gasteiger partial charge in [-0.25, -0.2) is 12.8 Å². The Hall–Kier alpha value is -1.96. The molecule has 8 heteroatoms. The van der Waals surface area contributed by atoms with E-state index >= 15 is 0 Å². The minimum atomic E-state index is -3.94. The van der Waals surface area contributed by atoms with Crippen LogP contribution in [0.5, 0.6) is 0 Å². The molecule has 0 saturated heterocycles. The second kappa shape index (κ2) is 9.12. The van der Waals surface area contributed by atoms with Crippen LogP contribution < -0.4 is 0 Å². The van der Waals surface area contributed by atoms with E-state index in [2.05, 4.69) is 0 Å². The molecule has 0 spiro atoms.